The van der Waals surface area contributed by atoms with Gasteiger partial charge < -0.3 is 19.1 Å². The number of carbonyl (C=O) groups is 1. The number of methoxy groups -OCH3 is 1. The second kappa shape index (κ2) is 11.9. The molecule has 8 heteroatoms. The van der Waals surface area contributed by atoms with E-state index in [2.05, 4.69) is 12.1 Å². The van der Waals surface area contributed by atoms with Gasteiger partial charge in [0.1, 0.15) is 5.82 Å². The van der Waals surface area contributed by atoms with E-state index in [-0.39, 0.29) is 24.7 Å². The minimum Gasteiger partial charge on any atom is -0.454 e. The lowest BCUT2D eigenvalue weighted by Crippen LogP contribution is -2.40. The second-order valence-electron chi connectivity index (χ2n) is 10.2. The van der Waals surface area contributed by atoms with Crippen molar-refractivity contribution >= 4 is 16.8 Å². The van der Waals surface area contributed by atoms with Gasteiger partial charge >= 0.3 is 0 Å². The molecule has 1 aliphatic rings. The molecule has 2 heterocycles. The zero-order valence-electron chi connectivity index (χ0n) is 23.5. The van der Waals surface area contributed by atoms with Gasteiger partial charge in [0.2, 0.25) is 12.7 Å². The van der Waals surface area contributed by atoms with Crippen LogP contribution in [-0.2, 0) is 16.0 Å². The van der Waals surface area contributed by atoms with E-state index in [0.717, 1.165) is 16.7 Å². The van der Waals surface area contributed by atoms with Gasteiger partial charge in [0.15, 0.2) is 11.5 Å². The number of carbonyl (C=O) groups excluding carboxylic acids is 1. The number of hydrogen-bond acceptors (Lipinski definition) is 6. The summed E-state index contributed by atoms with van der Waals surface area (Å²) in [4.78, 5) is 34.4. The first kappa shape index (κ1) is 27.2. The van der Waals surface area contributed by atoms with Gasteiger partial charge in [-0.15, -0.1) is 0 Å². The number of fused-ring (bicyclic) bond motifs is 2. The molecule has 42 heavy (non-hydrogen) atoms. The third-order valence-corrected chi connectivity index (χ3v) is 7.53. The fourth-order valence-corrected chi connectivity index (χ4v) is 5.29. The van der Waals surface area contributed by atoms with E-state index in [1.807, 2.05) is 67.6 Å². The van der Waals surface area contributed by atoms with Crippen molar-refractivity contribution in [3.05, 3.63) is 119 Å². The first-order chi connectivity index (χ1) is 20.5. The number of ether oxygens (including phenoxy) is 3. The molecule has 4 aromatic carbocycles. The van der Waals surface area contributed by atoms with Crippen molar-refractivity contribution in [3.8, 4) is 28.3 Å². The first-order valence-electron chi connectivity index (χ1n) is 13.9. The van der Waals surface area contributed by atoms with Crippen LogP contribution >= 0.6 is 0 Å². The molecule has 0 aliphatic carbocycles. The molecule has 0 spiro atoms. The molecule has 0 fully saturated rings. The van der Waals surface area contributed by atoms with Crippen molar-refractivity contribution in [1.82, 2.24) is 14.5 Å². The summed E-state index contributed by atoms with van der Waals surface area (Å²) in [6.45, 7) is 2.69. The minimum atomic E-state index is -0.543. The third-order valence-electron chi connectivity index (χ3n) is 7.53. The molecule has 0 N–H and O–H groups in total. The highest BCUT2D eigenvalue weighted by Gasteiger charge is 2.27. The van der Waals surface area contributed by atoms with Crippen LogP contribution in [0.2, 0.25) is 0 Å². The van der Waals surface area contributed by atoms with Gasteiger partial charge in [0, 0.05) is 19.7 Å². The van der Waals surface area contributed by atoms with Crippen LogP contribution in [0.15, 0.2) is 102 Å². The lowest BCUT2D eigenvalue weighted by Gasteiger charge is -2.30. The highest BCUT2D eigenvalue weighted by molar-refractivity contribution is 5.80. The van der Waals surface area contributed by atoms with Crippen LogP contribution in [0.1, 0.15) is 24.4 Å². The topological polar surface area (TPSA) is 82.9 Å². The Balaban J connectivity index is 1.36. The summed E-state index contributed by atoms with van der Waals surface area (Å²) >= 11 is 0. The van der Waals surface area contributed by atoms with Crippen LogP contribution in [-0.4, -0.2) is 47.4 Å². The largest absolute Gasteiger partial charge is 0.454 e. The second-order valence-corrected chi connectivity index (χ2v) is 10.2. The minimum absolute atomic E-state index is 0.0911. The van der Waals surface area contributed by atoms with Gasteiger partial charge in [0.25, 0.3) is 5.56 Å². The molecule has 1 atom stereocenters. The SMILES string of the molecule is COCCN(C(=O)Cc1ccc(-c2ccccc2)cc1)C(C)c1nc2ccccc2c(=O)n1-c1ccc2c(c1)OCO2. The van der Waals surface area contributed by atoms with Crippen molar-refractivity contribution in [2.45, 2.75) is 19.4 Å². The van der Waals surface area contributed by atoms with Crippen molar-refractivity contribution in [1.29, 1.82) is 0 Å². The fraction of sp³-hybridized carbons (Fsp3) is 0.206. The van der Waals surface area contributed by atoms with Gasteiger partial charge in [-0.1, -0.05) is 66.7 Å². The molecule has 0 bridgehead atoms. The van der Waals surface area contributed by atoms with Crippen LogP contribution in [0.4, 0.5) is 0 Å². The number of aromatic nitrogens is 2. The molecular formula is C34H31N3O5. The summed E-state index contributed by atoms with van der Waals surface area (Å²) in [5.74, 6) is 1.52. The van der Waals surface area contributed by atoms with E-state index in [4.69, 9.17) is 19.2 Å². The Bertz CT molecular complexity index is 1780. The molecule has 8 nitrogen and oxygen atoms in total. The number of benzene rings is 4. The molecule has 1 amide bonds. The Morgan fingerprint density at radius 2 is 1.64 bits per heavy atom. The fourth-order valence-electron chi connectivity index (χ4n) is 5.29. The van der Waals surface area contributed by atoms with Crippen LogP contribution in [0.3, 0.4) is 0 Å². The predicted octanol–water partition coefficient (Wildman–Crippen LogP) is 5.56. The Morgan fingerprint density at radius 1 is 0.929 bits per heavy atom. The third kappa shape index (κ3) is 5.36. The molecule has 0 saturated heterocycles. The quantitative estimate of drug-likeness (QED) is 0.234. The summed E-state index contributed by atoms with van der Waals surface area (Å²) in [6, 6.07) is 30.2. The molecule has 6 rings (SSSR count). The molecular weight excluding hydrogens is 530 g/mol. The van der Waals surface area contributed by atoms with Gasteiger partial charge in [-0.25, -0.2) is 4.98 Å². The molecule has 0 saturated carbocycles. The Morgan fingerprint density at radius 3 is 2.43 bits per heavy atom. The number of nitrogens with zero attached hydrogens (tertiary/aromatic N) is 3. The molecule has 212 valence electrons. The van der Waals surface area contributed by atoms with E-state index in [1.165, 1.54) is 0 Å². The maximum Gasteiger partial charge on any atom is 0.266 e. The normalized spacial score (nSPS) is 12.8. The Hall–Kier alpha value is -4.95. The van der Waals surface area contributed by atoms with E-state index < -0.39 is 6.04 Å². The predicted molar refractivity (Wildman–Crippen MR) is 161 cm³/mol. The zero-order valence-corrected chi connectivity index (χ0v) is 23.5. The number of amides is 1. The average Bonchev–Trinajstić information content (AvgIpc) is 3.50. The van der Waals surface area contributed by atoms with Crippen molar-refractivity contribution < 1.29 is 19.0 Å². The smallest absolute Gasteiger partial charge is 0.266 e. The van der Waals surface area contributed by atoms with Gasteiger partial charge in [0.05, 0.1) is 35.7 Å². The van der Waals surface area contributed by atoms with Crippen molar-refractivity contribution in [2.75, 3.05) is 27.1 Å². The van der Waals surface area contributed by atoms with Gasteiger partial charge in [-0.2, -0.15) is 0 Å². The molecule has 1 unspecified atom stereocenters. The average molecular weight is 562 g/mol. The molecule has 1 aromatic heterocycles. The molecule has 0 radical (unpaired) electrons. The van der Waals surface area contributed by atoms with Crippen LogP contribution in [0.5, 0.6) is 11.5 Å². The zero-order chi connectivity index (χ0) is 29.1. The summed E-state index contributed by atoms with van der Waals surface area (Å²) in [6.07, 6.45) is 0.199. The van der Waals surface area contributed by atoms with E-state index in [1.54, 1.807) is 40.8 Å². The summed E-state index contributed by atoms with van der Waals surface area (Å²) < 4.78 is 18.0. The highest BCUT2D eigenvalue weighted by Crippen LogP contribution is 2.34. The summed E-state index contributed by atoms with van der Waals surface area (Å²) in [5, 5.41) is 0.486. The maximum absolute atomic E-state index is 13.9. The van der Waals surface area contributed by atoms with Crippen molar-refractivity contribution in [3.63, 3.8) is 0 Å². The molecule has 1 aliphatic heterocycles. The lowest BCUT2D eigenvalue weighted by molar-refractivity contribution is -0.133. The maximum atomic E-state index is 13.9. The van der Waals surface area contributed by atoms with Crippen LogP contribution in [0, 0.1) is 0 Å². The van der Waals surface area contributed by atoms with E-state index >= 15 is 0 Å². The van der Waals surface area contributed by atoms with E-state index in [0.29, 0.717) is 47.1 Å². The summed E-state index contributed by atoms with van der Waals surface area (Å²) in [7, 11) is 1.60. The number of rotatable bonds is 9. The van der Waals surface area contributed by atoms with Gasteiger partial charge in [-0.3, -0.25) is 14.2 Å². The van der Waals surface area contributed by atoms with E-state index in [9.17, 15) is 9.59 Å². The summed E-state index contributed by atoms with van der Waals surface area (Å²) in [5.41, 5.74) is 4.03. The number of hydrogen-bond donors (Lipinski definition) is 0. The lowest BCUT2D eigenvalue weighted by atomic mass is 10.0. The first-order valence-corrected chi connectivity index (χ1v) is 13.9. The Labute approximate surface area is 243 Å². The molecule has 5 aromatic rings. The highest BCUT2D eigenvalue weighted by atomic mass is 16.7. The van der Waals surface area contributed by atoms with Gasteiger partial charge in [-0.05, 0) is 47.9 Å². The monoisotopic (exact) mass is 561 g/mol. The van der Waals surface area contributed by atoms with Crippen LogP contribution < -0.4 is 15.0 Å². The van der Waals surface area contributed by atoms with Crippen LogP contribution in [0.25, 0.3) is 27.7 Å². The number of para-hydroxylation sites is 1. The standard InChI is InChI=1S/C34H31N3O5/c1-23(36(18-19-40-2)32(38)20-24-12-14-26(15-13-24)25-8-4-3-5-9-25)33-35-29-11-7-6-10-28(29)34(39)37(33)27-16-17-30-31(21-27)42-22-41-30/h3-17,21,23H,18-20,22H2,1-2H3. The Kier molecular flexibility index (Phi) is 7.70. The van der Waals surface area contributed by atoms with Crippen molar-refractivity contribution in [2.24, 2.45) is 0 Å².